The summed E-state index contributed by atoms with van der Waals surface area (Å²) in [4.78, 5) is 12.0. The number of methoxy groups -OCH3 is 1. The Labute approximate surface area is 114 Å². The van der Waals surface area contributed by atoms with E-state index in [1.165, 1.54) is 11.1 Å². The van der Waals surface area contributed by atoms with Gasteiger partial charge in [-0.25, -0.2) is 0 Å². The third kappa shape index (κ3) is 3.33. The largest absolute Gasteiger partial charge is 0.384 e. The van der Waals surface area contributed by atoms with E-state index in [0.717, 1.165) is 18.4 Å². The molecule has 1 aromatic carbocycles. The van der Waals surface area contributed by atoms with E-state index in [2.05, 4.69) is 32.0 Å². The number of carbonyl (C=O) groups excluding carboxylic acids is 1. The molecule has 0 aliphatic heterocycles. The number of ketones is 1. The molecule has 1 aromatic rings. The van der Waals surface area contributed by atoms with Crippen molar-refractivity contribution >= 4 is 17.4 Å². The van der Waals surface area contributed by atoms with E-state index in [0.29, 0.717) is 6.61 Å². The van der Waals surface area contributed by atoms with Gasteiger partial charge in [-0.15, -0.1) is 11.6 Å². The van der Waals surface area contributed by atoms with Crippen LogP contribution in [-0.2, 0) is 22.4 Å². The van der Waals surface area contributed by atoms with E-state index >= 15 is 0 Å². The number of rotatable bonds is 7. The predicted octanol–water partition coefficient (Wildman–Crippen LogP) is 3.35. The van der Waals surface area contributed by atoms with Crippen molar-refractivity contribution in [3.8, 4) is 0 Å². The fraction of sp³-hybridized carbons (Fsp3) is 0.533. The van der Waals surface area contributed by atoms with E-state index in [1.54, 1.807) is 7.11 Å². The second kappa shape index (κ2) is 7.55. The fourth-order valence-electron chi connectivity index (χ4n) is 2.33. The van der Waals surface area contributed by atoms with Gasteiger partial charge in [0, 0.05) is 7.11 Å². The average molecular weight is 269 g/mol. The van der Waals surface area contributed by atoms with E-state index in [1.807, 2.05) is 0 Å². The zero-order chi connectivity index (χ0) is 13.5. The summed E-state index contributed by atoms with van der Waals surface area (Å²) in [6, 6.07) is 6.22. The zero-order valence-corrected chi connectivity index (χ0v) is 12.1. The first-order valence-electron chi connectivity index (χ1n) is 6.37. The van der Waals surface area contributed by atoms with Gasteiger partial charge in [-0.1, -0.05) is 32.0 Å². The molecule has 0 saturated carbocycles. The zero-order valence-electron chi connectivity index (χ0n) is 11.3. The van der Waals surface area contributed by atoms with Crippen LogP contribution in [0.2, 0.25) is 0 Å². The second-order valence-corrected chi connectivity index (χ2v) is 4.57. The van der Waals surface area contributed by atoms with Crippen LogP contribution in [0.5, 0.6) is 0 Å². The Morgan fingerprint density at radius 1 is 1.28 bits per heavy atom. The van der Waals surface area contributed by atoms with Crippen LogP contribution in [0, 0.1) is 0 Å². The van der Waals surface area contributed by atoms with Crippen LogP contribution >= 0.6 is 11.6 Å². The molecule has 18 heavy (non-hydrogen) atoms. The standard InChI is InChI=1S/C15H21ClO2/c1-4-11-7-6-8-12(5-2)15(11)13(10-18-3)14(17)9-16/h6-8,13H,4-5,9-10H2,1-3H3. The molecule has 1 atom stereocenters. The smallest absolute Gasteiger partial charge is 0.157 e. The highest BCUT2D eigenvalue weighted by Gasteiger charge is 2.24. The number of hydrogen-bond acceptors (Lipinski definition) is 2. The van der Waals surface area contributed by atoms with Crippen LogP contribution in [0.15, 0.2) is 18.2 Å². The van der Waals surface area contributed by atoms with Crippen LogP contribution < -0.4 is 0 Å². The number of alkyl halides is 1. The summed E-state index contributed by atoms with van der Waals surface area (Å²) in [7, 11) is 1.62. The first kappa shape index (κ1) is 15.2. The Hall–Kier alpha value is -0.860. The minimum absolute atomic E-state index is 0.0362. The highest BCUT2D eigenvalue weighted by Crippen LogP contribution is 2.27. The Balaban J connectivity index is 3.28. The third-order valence-electron chi connectivity index (χ3n) is 3.25. The first-order valence-corrected chi connectivity index (χ1v) is 6.91. The van der Waals surface area contributed by atoms with Crippen molar-refractivity contribution in [1.82, 2.24) is 0 Å². The quantitative estimate of drug-likeness (QED) is 0.709. The molecule has 2 nitrogen and oxygen atoms in total. The Kier molecular flexibility index (Phi) is 6.37. The molecule has 100 valence electrons. The summed E-state index contributed by atoms with van der Waals surface area (Å²) >= 11 is 5.72. The van der Waals surface area contributed by atoms with Gasteiger partial charge in [0.1, 0.15) is 0 Å². The lowest BCUT2D eigenvalue weighted by atomic mass is 9.86. The third-order valence-corrected chi connectivity index (χ3v) is 3.51. The van der Waals surface area contributed by atoms with E-state index in [-0.39, 0.29) is 17.6 Å². The summed E-state index contributed by atoms with van der Waals surface area (Å²) in [6.07, 6.45) is 1.83. The number of hydrogen-bond donors (Lipinski definition) is 0. The highest BCUT2D eigenvalue weighted by molar-refractivity contribution is 6.28. The van der Waals surface area contributed by atoms with Gasteiger partial charge >= 0.3 is 0 Å². The molecular weight excluding hydrogens is 248 g/mol. The molecule has 0 fully saturated rings. The lowest BCUT2D eigenvalue weighted by Gasteiger charge is -2.21. The van der Waals surface area contributed by atoms with Gasteiger partial charge < -0.3 is 4.74 Å². The van der Waals surface area contributed by atoms with Gasteiger partial charge in [-0.05, 0) is 29.5 Å². The summed E-state index contributed by atoms with van der Waals surface area (Å²) in [5.74, 6) is -0.164. The van der Waals surface area contributed by atoms with Crippen LogP contribution in [0.1, 0.15) is 36.5 Å². The first-order chi connectivity index (χ1) is 8.69. The number of aryl methyl sites for hydroxylation is 2. The average Bonchev–Trinajstić information content (AvgIpc) is 2.43. The van der Waals surface area contributed by atoms with E-state index in [4.69, 9.17) is 16.3 Å². The molecule has 1 unspecified atom stereocenters. The van der Waals surface area contributed by atoms with Crippen LogP contribution in [0.3, 0.4) is 0 Å². The minimum Gasteiger partial charge on any atom is -0.384 e. The van der Waals surface area contributed by atoms with Crippen LogP contribution in [0.25, 0.3) is 0 Å². The monoisotopic (exact) mass is 268 g/mol. The molecule has 1 rings (SSSR count). The molecule has 0 bridgehead atoms. The van der Waals surface area contributed by atoms with Gasteiger partial charge in [-0.3, -0.25) is 4.79 Å². The molecule has 0 saturated heterocycles. The Bertz CT molecular complexity index is 379. The van der Waals surface area contributed by atoms with Gasteiger partial charge in [0.15, 0.2) is 5.78 Å². The normalized spacial score (nSPS) is 12.4. The fourth-order valence-corrected chi connectivity index (χ4v) is 2.51. The van der Waals surface area contributed by atoms with Gasteiger partial charge in [0.25, 0.3) is 0 Å². The predicted molar refractivity (Wildman–Crippen MR) is 75.5 cm³/mol. The minimum atomic E-state index is -0.237. The van der Waals surface area contributed by atoms with Gasteiger partial charge in [0.05, 0.1) is 18.4 Å². The molecule has 0 N–H and O–H groups in total. The highest BCUT2D eigenvalue weighted by atomic mass is 35.5. The maximum Gasteiger partial charge on any atom is 0.157 e. The summed E-state index contributed by atoms with van der Waals surface area (Å²) in [5, 5.41) is 0. The van der Waals surface area contributed by atoms with Gasteiger partial charge in [0.2, 0.25) is 0 Å². The molecule has 3 heteroatoms. The van der Waals surface area contributed by atoms with Crippen molar-refractivity contribution in [1.29, 1.82) is 0 Å². The number of carbonyl (C=O) groups is 1. The Morgan fingerprint density at radius 2 is 1.83 bits per heavy atom. The molecular formula is C15H21ClO2. The lowest BCUT2D eigenvalue weighted by Crippen LogP contribution is -2.21. The van der Waals surface area contributed by atoms with Crippen molar-refractivity contribution in [2.45, 2.75) is 32.6 Å². The van der Waals surface area contributed by atoms with Crippen molar-refractivity contribution < 1.29 is 9.53 Å². The molecule has 0 amide bonds. The van der Waals surface area contributed by atoms with Crippen molar-refractivity contribution in [3.05, 3.63) is 34.9 Å². The number of benzene rings is 1. The van der Waals surface area contributed by atoms with E-state index < -0.39 is 0 Å². The van der Waals surface area contributed by atoms with Crippen molar-refractivity contribution in [2.24, 2.45) is 0 Å². The number of Topliss-reactive ketones (excluding diaryl/α,β-unsaturated/α-hetero) is 1. The summed E-state index contributed by atoms with van der Waals surface area (Å²) < 4.78 is 5.20. The molecule has 0 radical (unpaired) electrons. The van der Waals surface area contributed by atoms with Crippen molar-refractivity contribution in [3.63, 3.8) is 0 Å². The van der Waals surface area contributed by atoms with E-state index in [9.17, 15) is 4.79 Å². The second-order valence-electron chi connectivity index (χ2n) is 4.30. The SMILES string of the molecule is CCc1cccc(CC)c1C(COC)C(=O)CCl. The summed E-state index contributed by atoms with van der Waals surface area (Å²) in [5.41, 5.74) is 3.56. The molecule has 0 aromatic heterocycles. The van der Waals surface area contributed by atoms with Gasteiger partial charge in [-0.2, -0.15) is 0 Å². The molecule has 0 heterocycles. The van der Waals surface area contributed by atoms with Crippen LogP contribution in [-0.4, -0.2) is 25.4 Å². The molecule has 0 aliphatic rings. The molecule has 0 spiro atoms. The lowest BCUT2D eigenvalue weighted by molar-refractivity contribution is -0.119. The summed E-state index contributed by atoms with van der Waals surface area (Å²) in [6.45, 7) is 4.61. The number of ether oxygens (including phenoxy) is 1. The maximum atomic E-state index is 12.0. The number of halogens is 1. The topological polar surface area (TPSA) is 26.3 Å². The van der Waals surface area contributed by atoms with Crippen molar-refractivity contribution in [2.75, 3.05) is 19.6 Å². The molecule has 0 aliphatic carbocycles. The van der Waals surface area contributed by atoms with Crippen LogP contribution in [0.4, 0.5) is 0 Å². The Morgan fingerprint density at radius 3 is 2.22 bits per heavy atom. The maximum absolute atomic E-state index is 12.0.